The summed E-state index contributed by atoms with van der Waals surface area (Å²) in [5.74, 6) is -0.0789. The third-order valence-electron chi connectivity index (χ3n) is 6.42. The summed E-state index contributed by atoms with van der Waals surface area (Å²) >= 11 is 1.20. The molecule has 40 heavy (non-hydrogen) atoms. The molecular formula is C26H31N5O7S2. The summed E-state index contributed by atoms with van der Waals surface area (Å²) in [6.45, 7) is 2.78. The molecule has 1 aromatic carbocycles. The summed E-state index contributed by atoms with van der Waals surface area (Å²) < 4.78 is 42.2. The molecule has 0 saturated carbocycles. The van der Waals surface area contributed by atoms with Gasteiger partial charge < -0.3 is 23.9 Å². The van der Waals surface area contributed by atoms with Gasteiger partial charge in [0.25, 0.3) is 5.91 Å². The van der Waals surface area contributed by atoms with E-state index in [4.69, 9.17) is 19.0 Å². The Labute approximate surface area is 236 Å². The minimum atomic E-state index is -3.55. The number of nitrogens with zero attached hydrogens (tertiary/aromatic N) is 4. The van der Waals surface area contributed by atoms with Crippen LogP contribution in [0.25, 0.3) is 10.3 Å². The van der Waals surface area contributed by atoms with Gasteiger partial charge in [0.05, 0.1) is 30.0 Å². The second kappa shape index (κ2) is 12.6. The molecule has 5 rings (SSSR count). The third-order valence-corrected chi connectivity index (χ3v) is 9.48. The van der Waals surface area contributed by atoms with Crippen LogP contribution in [0, 0.1) is 0 Å². The number of carbonyl (C=O) groups excluding carboxylic acids is 1. The fourth-order valence-electron chi connectivity index (χ4n) is 4.12. The number of thiazole rings is 1. The van der Waals surface area contributed by atoms with E-state index < -0.39 is 21.0 Å². The Balaban J connectivity index is 1.34. The van der Waals surface area contributed by atoms with E-state index in [1.165, 1.54) is 23.5 Å². The van der Waals surface area contributed by atoms with Crippen LogP contribution in [0.15, 0.2) is 46.4 Å². The van der Waals surface area contributed by atoms with Crippen molar-refractivity contribution in [3.63, 3.8) is 0 Å². The van der Waals surface area contributed by atoms with Crippen LogP contribution in [0.5, 0.6) is 5.88 Å². The lowest BCUT2D eigenvalue weighted by atomic mass is 10.1. The zero-order valence-corrected chi connectivity index (χ0v) is 23.9. The summed E-state index contributed by atoms with van der Waals surface area (Å²) in [5.41, 5.74) is 0.998. The van der Waals surface area contributed by atoms with Crippen LogP contribution in [0.4, 0.5) is 5.13 Å². The smallest absolute Gasteiger partial charge is 0.280 e. The molecule has 14 heteroatoms. The number of amides is 1. The second-order valence-corrected chi connectivity index (χ2v) is 12.9. The minimum Gasteiger partial charge on any atom is -0.476 e. The molecule has 1 N–H and O–H groups in total. The molecule has 3 aromatic rings. The first-order valence-corrected chi connectivity index (χ1v) is 15.3. The summed E-state index contributed by atoms with van der Waals surface area (Å²) in [4.78, 5) is 30.7. The number of fused-ring (bicyclic) bond motifs is 1. The zero-order valence-electron chi connectivity index (χ0n) is 22.2. The van der Waals surface area contributed by atoms with Gasteiger partial charge >= 0.3 is 0 Å². The van der Waals surface area contributed by atoms with E-state index in [1.807, 2.05) is 19.0 Å². The van der Waals surface area contributed by atoms with Gasteiger partial charge in [0, 0.05) is 31.2 Å². The Morgan fingerprint density at radius 2 is 1.88 bits per heavy atom. The molecule has 2 aliphatic rings. The van der Waals surface area contributed by atoms with Crippen molar-refractivity contribution in [2.45, 2.75) is 29.1 Å². The van der Waals surface area contributed by atoms with Gasteiger partial charge in [-0.1, -0.05) is 28.6 Å². The number of hydrogen-bond acceptors (Lipinski definition) is 12. The molecule has 214 valence electrons. The summed E-state index contributed by atoms with van der Waals surface area (Å²) in [6.07, 6.45) is 0.834. The number of likely N-dealkylation sites (N-methyl/N-ethyl adjacent to an activating group) is 1. The van der Waals surface area contributed by atoms with Crippen molar-refractivity contribution in [2.75, 3.05) is 59.0 Å². The molecule has 12 nitrogen and oxygen atoms in total. The average molecular weight is 590 g/mol. The lowest BCUT2D eigenvalue weighted by Gasteiger charge is -2.12. The van der Waals surface area contributed by atoms with Crippen LogP contribution in [0.3, 0.4) is 0 Å². The fraction of sp³-hybridized carbons (Fsp3) is 0.462. The van der Waals surface area contributed by atoms with Crippen LogP contribution in [0.1, 0.15) is 18.4 Å². The van der Waals surface area contributed by atoms with E-state index in [0.29, 0.717) is 66.2 Å². The molecule has 2 fully saturated rings. The number of pyridine rings is 1. The lowest BCUT2D eigenvalue weighted by molar-refractivity contribution is -0.110. The Hall–Kier alpha value is -3.17. The first-order chi connectivity index (χ1) is 19.3. The van der Waals surface area contributed by atoms with Crippen molar-refractivity contribution in [1.29, 1.82) is 0 Å². The van der Waals surface area contributed by atoms with Crippen molar-refractivity contribution < 1.29 is 32.3 Å². The fourth-order valence-corrected chi connectivity index (χ4v) is 6.53. The lowest BCUT2D eigenvalue weighted by Crippen LogP contribution is -2.25. The van der Waals surface area contributed by atoms with E-state index in [0.717, 1.165) is 6.54 Å². The number of carbonyl (C=O) groups is 1. The van der Waals surface area contributed by atoms with Crippen molar-refractivity contribution in [3.05, 3.63) is 42.0 Å². The number of benzene rings is 1. The Kier molecular flexibility index (Phi) is 8.90. The Bertz CT molecular complexity index is 1460. The molecule has 0 radical (unpaired) electrons. The van der Waals surface area contributed by atoms with Gasteiger partial charge in [-0.2, -0.15) is 0 Å². The van der Waals surface area contributed by atoms with Gasteiger partial charge in [-0.15, -0.1) is 0 Å². The molecule has 2 atom stereocenters. The molecule has 2 saturated heterocycles. The number of oxime groups is 1. The molecule has 4 heterocycles. The van der Waals surface area contributed by atoms with E-state index in [9.17, 15) is 13.2 Å². The molecule has 2 aliphatic heterocycles. The van der Waals surface area contributed by atoms with Gasteiger partial charge in [-0.3, -0.25) is 10.1 Å². The Morgan fingerprint density at radius 3 is 2.58 bits per heavy atom. The normalized spacial score (nSPS) is 19.8. The number of anilines is 1. The van der Waals surface area contributed by atoms with E-state index in [-0.39, 0.29) is 23.3 Å². The van der Waals surface area contributed by atoms with Gasteiger partial charge in [-0.05, 0) is 38.7 Å². The number of ether oxygens (including phenoxy) is 3. The highest BCUT2D eigenvalue weighted by atomic mass is 32.2. The highest BCUT2D eigenvalue weighted by Crippen LogP contribution is 2.27. The maximum absolute atomic E-state index is 13.4. The zero-order chi connectivity index (χ0) is 28.1. The molecule has 1 amide bonds. The van der Waals surface area contributed by atoms with Crippen LogP contribution >= 0.6 is 11.3 Å². The molecular weight excluding hydrogens is 558 g/mol. The molecule has 2 aromatic heterocycles. The number of sulfone groups is 1. The standard InChI is InChI=1S/C26H31N5O7S2/c1-31(2)11-14-37-22-8-7-21-25(28-22)39-26(27-21)29-24(32)23(30-38-18-9-12-35-15-18)17-3-5-19(6-4-17)40(33,34)20-10-13-36-16-20/h3-8,18,20H,9-16H2,1-2H3,(H,27,29,32)/t18-,20+/m1/s1. The maximum atomic E-state index is 13.4. The average Bonchev–Trinajstić information content (AvgIpc) is 3.71. The van der Waals surface area contributed by atoms with Gasteiger partial charge in [0.15, 0.2) is 26.8 Å². The first-order valence-electron chi connectivity index (χ1n) is 12.9. The molecule has 0 spiro atoms. The largest absolute Gasteiger partial charge is 0.476 e. The third kappa shape index (κ3) is 6.75. The van der Waals surface area contributed by atoms with Crippen molar-refractivity contribution in [3.8, 4) is 5.88 Å². The number of nitrogens with one attached hydrogen (secondary N) is 1. The van der Waals surface area contributed by atoms with Gasteiger partial charge in [0.1, 0.15) is 17.0 Å². The SMILES string of the molecule is CN(C)CCOc1ccc2nc(NC(=O)C(=NO[C@@H]3CCOC3)c3ccc(S(=O)(=O)[C@H]4CCOC4)cc3)sc2n1. The highest BCUT2D eigenvalue weighted by Gasteiger charge is 2.31. The predicted molar refractivity (Wildman–Crippen MR) is 150 cm³/mol. The quantitative estimate of drug-likeness (QED) is 0.262. The second-order valence-electron chi connectivity index (χ2n) is 9.68. The number of aromatic nitrogens is 2. The van der Waals surface area contributed by atoms with E-state index in [2.05, 4.69) is 20.4 Å². The van der Waals surface area contributed by atoms with Gasteiger partial charge in [-0.25, -0.2) is 18.4 Å². The van der Waals surface area contributed by atoms with Gasteiger partial charge in [0.2, 0.25) is 5.88 Å². The van der Waals surface area contributed by atoms with Crippen molar-refractivity contribution in [2.24, 2.45) is 5.16 Å². The first kappa shape index (κ1) is 28.4. The topological polar surface area (TPSA) is 142 Å². The maximum Gasteiger partial charge on any atom is 0.280 e. The molecule has 0 unspecified atom stereocenters. The monoisotopic (exact) mass is 589 g/mol. The predicted octanol–water partition coefficient (Wildman–Crippen LogP) is 2.34. The van der Waals surface area contributed by atoms with Crippen molar-refractivity contribution >= 4 is 48.3 Å². The van der Waals surface area contributed by atoms with Crippen LogP contribution in [0.2, 0.25) is 0 Å². The summed E-state index contributed by atoms with van der Waals surface area (Å²) in [6, 6.07) is 9.57. The summed E-state index contributed by atoms with van der Waals surface area (Å²) in [5, 5.41) is 6.68. The number of rotatable bonds is 11. The summed E-state index contributed by atoms with van der Waals surface area (Å²) in [7, 11) is 0.380. The Morgan fingerprint density at radius 1 is 1.10 bits per heavy atom. The van der Waals surface area contributed by atoms with Crippen LogP contribution in [-0.4, -0.2) is 99.9 Å². The molecule has 0 bridgehead atoms. The van der Waals surface area contributed by atoms with E-state index in [1.54, 1.807) is 24.3 Å². The highest BCUT2D eigenvalue weighted by molar-refractivity contribution is 7.92. The minimum absolute atomic E-state index is 0.0139. The van der Waals surface area contributed by atoms with Crippen LogP contribution in [-0.2, 0) is 28.9 Å². The molecule has 0 aliphatic carbocycles. The van der Waals surface area contributed by atoms with Crippen molar-refractivity contribution in [1.82, 2.24) is 14.9 Å². The van der Waals surface area contributed by atoms with Crippen LogP contribution < -0.4 is 10.1 Å². The number of hydrogen-bond donors (Lipinski definition) is 1. The van der Waals surface area contributed by atoms with E-state index >= 15 is 0 Å².